The van der Waals surface area contributed by atoms with E-state index in [2.05, 4.69) is 5.32 Å². The number of carbonyl (C=O) groups is 3. The van der Waals surface area contributed by atoms with Gasteiger partial charge in [-0.3, -0.25) is 24.7 Å². The van der Waals surface area contributed by atoms with Crippen LogP contribution in [-0.2, 0) is 21.7 Å². The first-order chi connectivity index (χ1) is 12.0. The lowest BCUT2D eigenvalue weighted by Gasteiger charge is -2.42. The molecule has 0 unspecified atom stereocenters. The van der Waals surface area contributed by atoms with Gasteiger partial charge in [0.05, 0.1) is 0 Å². The minimum Gasteiger partial charge on any atom is -0.288 e. The Morgan fingerprint density at radius 1 is 0.800 bits per heavy atom. The molecule has 0 aliphatic carbocycles. The molecule has 1 heterocycles. The van der Waals surface area contributed by atoms with Gasteiger partial charge in [-0.25, -0.2) is 4.79 Å². The number of nitrogens with one attached hydrogen (secondary N) is 1. The lowest BCUT2D eigenvalue weighted by atomic mass is 9.85. The van der Waals surface area contributed by atoms with Gasteiger partial charge in [0.1, 0.15) is 0 Å². The van der Waals surface area contributed by atoms with Crippen molar-refractivity contribution in [3.05, 3.63) is 71.8 Å². The Morgan fingerprint density at radius 3 is 1.80 bits per heavy atom. The van der Waals surface area contributed by atoms with Crippen LogP contribution in [0.15, 0.2) is 60.7 Å². The summed E-state index contributed by atoms with van der Waals surface area (Å²) in [5, 5.41) is 3.11. The number of amides is 4. The quantitative estimate of drug-likeness (QED) is 0.863. The molecule has 1 saturated heterocycles. The van der Waals surface area contributed by atoms with E-state index in [1.54, 1.807) is 24.3 Å². The summed E-state index contributed by atoms with van der Waals surface area (Å²) in [5.41, 5.74) is -0.193. The number of hydrogen-bond acceptors (Lipinski definition) is 4. The Bertz CT molecular complexity index is 781. The molecule has 0 atom stereocenters. The number of rotatable bonds is 4. The number of benzene rings is 2. The molecule has 128 valence electrons. The van der Waals surface area contributed by atoms with Crippen LogP contribution >= 0.6 is 0 Å². The van der Waals surface area contributed by atoms with Crippen LogP contribution in [0.1, 0.15) is 11.1 Å². The number of hydrogen-bond donors (Lipinski definition) is 1. The number of urea groups is 1. The lowest BCUT2D eigenvalue weighted by Crippen LogP contribution is -2.70. The summed E-state index contributed by atoms with van der Waals surface area (Å²) in [7, 11) is 2.77. The maximum absolute atomic E-state index is 13.0. The fourth-order valence-corrected chi connectivity index (χ4v) is 3.01. The van der Waals surface area contributed by atoms with Crippen LogP contribution in [0.3, 0.4) is 0 Å². The van der Waals surface area contributed by atoms with Gasteiger partial charge in [0.25, 0.3) is 11.8 Å². The van der Waals surface area contributed by atoms with E-state index in [9.17, 15) is 14.4 Å². The van der Waals surface area contributed by atoms with Crippen molar-refractivity contribution >= 4 is 17.8 Å². The van der Waals surface area contributed by atoms with Crippen molar-refractivity contribution in [1.82, 2.24) is 15.1 Å². The van der Waals surface area contributed by atoms with Crippen LogP contribution in [-0.4, -0.2) is 41.7 Å². The Morgan fingerprint density at radius 2 is 1.28 bits per heavy atom. The molecule has 6 nitrogen and oxygen atoms in total. The second-order valence-electron chi connectivity index (χ2n) is 5.97. The molecule has 0 aromatic heterocycles. The number of carbonyl (C=O) groups excluding carboxylic acids is 3. The van der Waals surface area contributed by atoms with Crippen LogP contribution in [0.2, 0.25) is 0 Å². The number of nitrogens with zero attached hydrogens (tertiary/aromatic N) is 2. The second-order valence-corrected chi connectivity index (χ2v) is 5.97. The SMILES string of the molecule is CN1C(=O)N(C)C(=O)C(NCc2ccccc2)(c2ccccc2)C1=O. The highest BCUT2D eigenvalue weighted by Crippen LogP contribution is 2.30. The molecule has 0 saturated carbocycles. The monoisotopic (exact) mass is 337 g/mol. The normalized spacial score (nSPS) is 17.1. The van der Waals surface area contributed by atoms with Gasteiger partial charge >= 0.3 is 6.03 Å². The lowest BCUT2D eigenvalue weighted by molar-refractivity contribution is -0.152. The molecule has 6 heteroatoms. The Kier molecular flexibility index (Phi) is 4.37. The standard InChI is InChI=1S/C19H19N3O3/c1-21-16(23)19(15-11-7-4-8-12-15,17(24)22(2)18(21)25)20-13-14-9-5-3-6-10-14/h3-12,20H,13H2,1-2H3. The molecule has 0 spiro atoms. The van der Waals surface area contributed by atoms with Crippen LogP contribution in [0.4, 0.5) is 4.79 Å². The molecule has 3 rings (SSSR count). The largest absolute Gasteiger partial charge is 0.333 e. The fourth-order valence-electron chi connectivity index (χ4n) is 3.01. The zero-order valence-corrected chi connectivity index (χ0v) is 14.1. The highest BCUT2D eigenvalue weighted by Gasteiger charge is 2.56. The maximum atomic E-state index is 13.0. The summed E-state index contributed by atoms with van der Waals surface area (Å²) in [6.07, 6.45) is 0. The average Bonchev–Trinajstić information content (AvgIpc) is 2.67. The van der Waals surface area contributed by atoms with Crippen molar-refractivity contribution in [3.8, 4) is 0 Å². The third-order valence-electron chi connectivity index (χ3n) is 4.43. The molecule has 1 fully saturated rings. The van der Waals surface area contributed by atoms with Crippen molar-refractivity contribution in [2.45, 2.75) is 12.1 Å². The highest BCUT2D eigenvalue weighted by molar-refractivity contribution is 6.22. The predicted molar refractivity (Wildman–Crippen MR) is 92.3 cm³/mol. The minimum atomic E-state index is -1.63. The van der Waals surface area contributed by atoms with Crippen LogP contribution in [0.5, 0.6) is 0 Å². The van der Waals surface area contributed by atoms with Crippen LogP contribution < -0.4 is 5.32 Å². The van der Waals surface area contributed by atoms with Gasteiger partial charge in [-0.05, 0) is 11.1 Å². The summed E-state index contributed by atoms with van der Waals surface area (Å²) >= 11 is 0. The Labute approximate surface area is 146 Å². The van der Waals surface area contributed by atoms with Crippen LogP contribution in [0, 0.1) is 0 Å². The molecule has 1 N–H and O–H groups in total. The van der Waals surface area contributed by atoms with E-state index >= 15 is 0 Å². The van der Waals surface area contributed by atoms with Crippen molar-refractivity contribution in [2.24, 2.45) is 0 Å². The second kappa shape index (κ2) is 6.49. The molecule has 0 radical (unpaired) electrons. The van der Waals surface area contributed by atoms with Gasteiger partial charge in [-0.15, -0.1) is 0 Å². The van der Waals surface area contributed by atoms with Gasteiger partial charge < -0.3 is 0 Å². The fraction of sp³-hybridized carbons (Fsp3) is 0.211. The first-order valence-electron chi connectivity index (χ1n) is 7.93. The van der Waals surface area contributed by atoms with Crippen molar-refractivity contribution < 1.29 is 14.4 Å². The zero-order valence-electron chi connectivity index (χ0n) is 14.1. The van der Waals surface area contributed by atoms with Gasteiger partial charge in [-0.2, -0.15) is 0 Å². The highest BCUT2D eigenvalue weighted by atomic mass is 16.2. The third kappa shape index (κ3) is 2.70. The molecular weight excluding hydrogens is 318 g/mol. The van der Waals surface area contributed by atoms with E-state index < -0.39 is 23.4 Å². The maximum Gasteiger partial charge on any atom is 0.333 e. The molecule has 2 aromatic carbocycles. The predicted octanol–water partition coefficient (Wildman–Crippen LogP) is 1.72. The smallest absolute Gasteiger partial charge is 0.288 e. The van der Waals surface area contributed by atoms with E-state index in [1.165, 1.54) is 14.1 Å². The summed E-state index contributed by atoms with van der Waals surface area (Å²) in [4.78, 5) is 40.1. The summed E-state index contributed by atoms with van der Waals surface area (Å²) in [5.74, 6) is -1.16. The van der Waals surface area contributed by atoms with Gasteiger partial charge in [0.2, 0.25) is 5.54 Å². The van der Waals surface area contributed by atoms with Gasteiger partial charge in [0, 0.05) is 20.6 Å². The topological polar surface area (TPSA) is 69.7 Å². The summed E-state index contributed by atoms with van der Waals surface area (Å²) in [6, 6.07) is 17.6. The third-order valence-corrected chi connectivity index (χ3v) is 4.43. The van der Waals surface area contributed by atoms with Crippen molar-refractivity contribution in [1.29, 1.82) is 0 Å². The molecule has 4 amide bonds. The first kappa shape index (κ1) is 16.9. The van der Waals surface area contributed by atoms with Gasteiger partial charge in [0.15, 0.2) is 0 Å². The number of likely N-dealkylation sites (N-methyl/N-ethyl adjacent to an activating group) is 2. The van der Waals surface area contributed by atoms with Gasteiger partial charge in [-0.1, -0.05) is 60.7 Å². The van der Waals surface area contributed by atoms with Crippen molar-refractivity contribution in [2.75, 3.05) is 14.1 Å². The summed E-state index contributed by atoms with van der Waals surface area (Å²) < 4.78 is 0. The van der Waals surface area contributed by atoms with E-state index in [-0.39, 0.29) is 0 Å². The zero-order chi connectivity index (χ0) is 18.0. The molecular formula is C19H19N3O3. The molecule has 0 bridgehead atoms. The number of imide groups is 2. The molecule has 1 aliphatic rings. The van der Waals surface area contributed by atoms with E-state index in [1.807, 2.05) is 36.4 Å². The van der Waals surface area contributed by atoms with E-state index in [0.29, 0.717) is 12.1 Å². The molecule has 2 aromatic rings. The summed E-state index contributed by atoms with van der Waals surface area (Å²) in [6.45, 7) is 0.309. The number of barbiturate groups is 1. The first-order valence-corrected chi connectivity index (χ1v) is 7.93. The van der Waals surface area contributed by atoms with E-state index in [4.69, 9.17) is 0 Å². The average molecular weight is 337 g/mol. The van der Waals surface area contributed by atoms with Crippen molar-refractivity contribution in [3.63, 3.8) is 0 Å². The minimum absolute atomic E-state index is 0.309. The van der Waals surface area contributed by atoms with E-state index in [0.717, 1.165) is 15.4 Å². The Hall–Kier alpha value is -2.99. The molecule has 1 aliphatic heterocycles. The molecule has 25 heavy (non-hydrogen) atoms. The van der Waals surface area contributed by atoms with Crippen LogP contribution in [0.25, 0.3) is 0 Å². The Balaban J connectivity index is 2.07.